The number of anilines is 1. The molecule has 1 heterocycles. The SMILES string of the molecule is CCOc1ccc(-n2nc(C(C)(C)C)c(Cl)c2N)cc1. The minimum atomic E-state index is -0.151. The van der Waals surface area contributed by atoms with Gasteiger partial charge in [-0.25, -0.2) is 4.68 Å². The summed E-state index contributed by atoms with van der Waals surface area (Å²) in [7, 11) is 0. The highest BCUT2D eigenvalue weighted by molar-refractivity contribution is 6.33. The number of hydrogen-bond acceptors (Lipinski definition) is 3. The number of nitrogens with two attached hydrogens (primary N) is 1. The number of nitrogen functional groups attached to an aromatic ring is 1. The minimum Gasteiger partial charge on any atom is -0.494 e. The molecule has 0 radical (unpaired) electrons. The number of hydrogen-bond donors (Lipinski definition) is 1. The van der Waals surface area contributed by atoms with Crippen molar-refractivity contribution in [2.45, 2.75) is 33.1 Å². The van der Waals surface area contributed by atoms with Crippen LogP contribution in [0.5, 0.6) is 5.75 Å². The molecule has 2 aromatic rings. The number of ether oxygens (including phenoxy) is 1. The lowest BCUT2D eigenvalue weighted by Crippen LogP contribution is -2.13. The fraction of sp³-hybridized carbons (Fsp3) is 0.400. The second-order valence-electron chi connectivity index (χ2n) is 5.64. The van der Waals surface area contributed by atoms with Crippen molar-refractivity contribution in [3.63, 3.8) is 0 Å². The van der Waals surface area contributed by atoms with Crippen molar-refractivity contribution in [3.05, 3.63) is 35.0 Å². The zero-order chi connectivity index (χ0) is 14.9. The van der Waals surface area contributed by atoms with Gasteiger partial charge in [0.2, 0.25) is 0 Å². The van der Waals surface area contributed by atoms with Crippen molar-refractivity contribution in [3.8, 4) is 11.4 Å². The lowest BCUT2D eigenvalue weighted by Gasteiger charge is -2.15. The van der Waals surface area contributed by atoms with Gasteiger partial charge < -0.3 is 10.5 Å². The molecule has 0 aliphatic carbocycles. The third-order valence-electron chi connectivity index (χ3n) is 2.96. The number of rotatable bonds is 3. The molecule has 5 heteroatoms. The zero-order valence-corrected chi connectivity index (χ0v) is 13.0. The molecular formula is C15H20ClN3O. The Hall–Kier alpha value is -1.68. The first-order chi connectivity index (χ1) is 9.34. The Morgan fingerprint density at radius 3 is 2.30 bits per heavy atom. The van der Waals surface area contributed by atoms with Gasteiger partial charge in [-0.05, 0) is 31.2 Å². The number of nitrogens with zero attached hydrogens (tertiary/aromatic N) is 2. The van der Waals surface area contributed by atoms with Gasteiger partial charge in [0.1, 0.15) is 16.6 Å². The quantitative estimate of drug-likeness (QED) is 0.936. The average Bonchev–Trinajstić information content (AvgIpc) is 2.68. The molecule has 0 unspecified atom stereocenters. The van der Waals surface area contributed by atoms with Crippen LogP contribution in [0.3, 0.4) is 0 Å². The summed E-state index contributed by atoms with van der Waals surface area (Å²) in [5.41, 5.74) is 7.58. The van der Waals surface area contributed by atoms with Gasteiger partial charge >= 0.3 is 0 Å². The molecule has 1 aromatic heterocycles. The fourth-order valence-electron chi connectivity index (χ4n) is 1.94. The largest absolute Gasteiger partial charge is 0.494 e. The normalized spacial score (nSPS) is 11.7. The maximum Gasteiger partial charge on any atom is 0.146 e. The van der Waals surface area contributed by atoms with E-state index >= 15 is 0 Å². The van der Waals surface area contributed by atoms with E-state index in [1.54, 1.807) is 4.68 Å². The Morgan fingerprint density at radius 2 is 1.85 bits per heavy atom. The summed E-state index contributed by atoms with van der Waals surface area (Å²) < 4.78 is 7.09. The van der Waals surface area contributed by atoms with Crippen molar-refractivity contribution in [2.75, 3.05) is 12.3 Å². The van der Waals surface area contributed by atoms with Gasteiger partial charge in [-0.15, -0.1) is 0 Å². The number of halogens is 1. The van der Waals surface area contributed by atoms with Crippen LogP contribution in [0.1, 0.15) is 33.4 Å². The summed E-state index contributed by atoms with van der Waals surface area (Å²) in [6, 6.07) is 7.61. The predicted molar refractivity (Wildman–Crippen MR) is 82.9 cm³/mol. The lowest BCUT2D eigenvalue weighted by molar-refractivity contribution is 0.340. The maximum atomic E-state index is 6.30. The van der Waals surface area contributed by atoms with Gasteiger partial charge in [0.15, 0.2) is 0 Å². The van der Waals surface area contributed by atoms with Crippen molar-refractivity contribution in [2.24, 2.45) is 0 Å². The van der Waals surface area contributed by atoms with Crippen LogP contribution in [0.25, 0.3) is 5.69 Å². The molecule has 0 amide bonds. The van der Waals surface area contributed by atoms with Crippen LogP contribution in [0.2, 0.25) is 5.02 Å². The van der Waals surface area contributed by atoms with E-state index in [1.807, 2.05) is 31.2 Å². The summed E-state index contributed by atoms with van der Waals surface area (Å²) in [6.45, 7) is 8.77. The highest BCUT2D eigenvalue weighted by Gasteiger charge is 2.25. The van der Waals surface area contributed by atoms with Crippen LogP contribution in [-0.2, 0) is 5.41 Å². The van der Waals surface area contributed by atoms with Crippen molar-refractivity contribution >= 4 is 17.4 Å². The van der Waals surface area contributed by atoms with E-state index in [4.69, 9.17) is 22.1 Å². The van der Waals surface area contributed by atoms with Crippen LogP contribution < -0.4 is 10.5 Å². The Bertz CT molecular complexity index is 597. The van der Waals surface area contributed by atoms with Gasteiger partial charge in [0.25, 0.3) is 0 Å². The van der Waals surface area contributed by atoms with E-state index in [0.717, 1.165) is 17.1 Å². The Kier molecular flexibility index (Phi) is 3.95. The summed E-state index contributed by atoms with van der Waals surface area (Å²) >= 11 is 6.30. The first-order valence-corrected chi connectivity index (χ1v) is 7.00. The predicted octanol–water partition coefficient (Wildman–Crippen LogP) is 3.80. The third kappa shape index (κ3) is 2.75. The molecule has 0 bridgehead atoms. The summed E-state index contributed by atoms with van der Waals surface area (Å²) in [4.78, 5) is 0. The molecule has 2 rings (SSSR count). The van der Waals surface area contributed by atoms with Crippen LogP contribution in [0, 0.1) is 0 Å². The molecule has 108 valence electrons. The fourth-order valence-corrected chi connectivity index (χ4v) is 2.34. The molecule has 0 aliphatic rings. The van der Waals surface area contributed by atoms with Crippen LogP contribution in [-0.4, -0.2) is 16.4 Å². The Labute approximate surface area is 124 Å². The molecule has 0 spiro atoms. The second kappa shape index (κ2) is 5.37. The van der Waals surface area contributed by atoms with Gasteiger partial charge in [-0.3, -0.25) is 0 Å². The summed E-state index contributed by atoms with van der Waals surface area (Å²) in [5, 5.41) is 5.07. The molecule has 0 saturated heterocycles. The molecule has 1 aromatic carbocycles. The number of aromatic nitrogens is 2. The molecule has 2 N–H and O–H groups in total. The third-order valence-corrected chi connectivity index (χ3v) is 3.34. The Balaban J connectivity index is 2.43. The molecule has 0 fully saturated rings. The van der Waals surface area contributed by atoms with Gasteiger partial charge in [-0.2, -0.15) is 5.10 Å². The first kappa shape index (κ1) is 14.7. The highest BCUT2D eigenvalue weighted by Crippen LogP contribution is 2.34. The van der Waals surface area contributed by atoms with Crippen molar-refractivity contribution < 1.29 is 4.74 Å². The van der Waals surface area contributed by atoms with E-state index in [-0.39, 0.29) is 5.41 Å². The van der Waals surface area contributed by atoms with E-state index in [1.165, 1.54) is 0 Å². The summed E-state index contributed by atoms with van der Waals surface area (Å²) in [6.07, 6.45) is 0. The van der Waals surface area contributed by atoms with E-state index in [0.29, 0.717) is 17.4 Å². The topological polar surface area (TPSA) is 53.1 Å². The van der Waals surface area contributed by atoms with Gasteiger partial charge in [0, 0.05) is 5.41 Å². The Morgan fingerprint density at radius 1 is 1.25 bits per heavy atom. The van der Waals surface area contributed by atoms with Crippen molar-refractivity contribution in [1.29, 1.82) is 0 Å². The minimum absolute atomic E-state index is 0.151. The smallest absolute Gasteiger partial charge is 0.146 e. The molecule has 20 heavy (non-hydrogen) atoms. The monoisotopic (exact) mass is 293 g/mol. The molecule has 0 saturated carbocycles. The molecule has 4 nitrogen and oxygen atoms in total. The van der Waals surface area contributed by atoms with E-state index in [2.05, 4.69) is 25.9 Å². The van der Waals surface area contributed by atoms with Crippen LogP contribution >= 0.6 is 11.6 Å². The van der Waals surface area contributed by atoms with E-state index < -0.39 is 0 Å². The van der Waals surface area contributed by atoms with Crippen LogP contribution in [0.15, 0.2) is 24.3 Å². The molecular weight excluding hydrogens is 274 g/mol. The van der Waals surface area contributed by atoms with Gasteiger partial charge in [-0.1, -0.05) is 32.4 Å². The van der Waals surface area contributed by atoms with Crippen molar-refractivity contribution in [1.82, 2.24) is 9.78 Å². The number of benzene rings is 1. The average molecular weight is 294 g/mol. The second-order valence-corrected chi connectivity index (χ2v) is 6.01. The molecule has 0 aliphatic heterocycles. The first-order valence-electron chi connectivity index (χ1n) is 6.62. The standard InChI is InChI=1S/C15H20ClN3O/c1-5-20-11-8-6-10(7-9-11)19-14(17)12(16)13(18-19)15(2,3)4/h6-9H,5,17H2,1-4H3. The molecule has 0 atom stereocenters. The van der Waals surface area contributed by atoms with Gasteiger partial charge in [0.05, 0.1) is 18.0 Å². The maximum absolute atomic E-state index is 6.30. The summed E-state index contributed by atoms with van der Waals surface area (Å²) in [5.74, 6) is 1.28. The zero-order valence-electron chi connectivity index (χ0n) is 12.3. The highest BCUT2D eigenvalue weighted by atomic mass is 35.5. The lowest BCUT2D eigenvalue weighted by atomic mass is 9.92. The van der Waals surface area contributed by atoms with E-state index in [9.17, 15) is 0 Å². The van der Waals surface area contributed by atoms with Crippen LogP contribution in [0.4, 0.5) is 5.82 Å².